The van der Waals surface area contributed by atoms with Crippen LogP contribution in [0.3, 0.4) is 0 Å². The number of para-hydroxylation sites is 1. The Labute approximate surface area is 92.9 Å². The monoisotopic (exact) mass is 264 g/mol. The van der Waals surface area contributed by atoms with Gasteiger partial charge >= 0.3 is 0 Å². The van der Waals surface area contributed by atoms with Crippen molar-refractivity contribution in [1.29, 1.82) is 5.26 Å². The first-order valence-electron chi connectivity index (χ1n) is 4.08. The lowest BCUT2D eigenvalue weighted by molar-refractivity contribution is 0.478. The molecule has 0 saturated heterocycles. The molecule has 0 saturated carbocycles. The Kier molecular flexibility index (Phi) is 2.21. The lowest BCUT2D eigenvalue weighted by atomic mass is 10.1. The molecule has 1 aromatic carbocycles. The van der Waals surface area contributed by atoms with E-state index in [-0.39, 0.29) is 11.3 Å². The minimum atomic E-state index is -0.589. The Hall–Kier alpha value is -1.80. The second kappa shape index (κ2) is 3.41. The molecule has 2 aromatic rings. The van der Waals surface area contributed by atoms with E-state index in [4.69, 9.17) is 5.26 Å². The Morgan fingerprint density at radius 1 is 1.47 bits per heavy atom. The summed E-state index contributed by atoms with van der Waals surface area (Å²) < 4.78 is 0.664. The van der Waals surface area contributed by atoms with Crippen LogP contribution in [0.25, 0.3) is 10.9 Å². The average molecular weight is 265 g/mol. The summed E-state index contributed by atoms with van der Waals surface area (Å²) in [6, 6.07) is 6.75. The van der Waals surface area contributed by atoms with Crippen molar-refractivity contribution < 1.29 is 5.11 Å². The summed E-state index contributed by atoms with van der Waals surface area (Å²) in [5, 5.41) is 18.8. The normalized spacial score (nSPS) is 10.1. The van der Waals surface area contributed by atoms with E-state index in [9.17, 15) is 9.90 Å². The maximum atomic E-state index is 11.4. The number of hydrogen-bond donors (Lipinski definition) is 2. The molecule has 0 aliphatic rings. The quantitative estimate of drug-likeness (QED) is 0.763. The number of H-pyrrole nitrogens is 1. The molecule has 0 bridgehead atoms. The van der Waals surface area contributed by atoms with Crippen molar-refractivity contribution in [3.05, 3.63) is 38.6 Å². The molecular formula is C10H5BrN2O2. The number of benzene rings is 1. The first-order valence-corrected chi connectivity index (χ1v) is 4.88. The number of rotatable bonds is 0. The number of halogens is 1. The van der Waals surface area contributed by atoms with Gasteiger partial charge in [-0.05, 0) is 28.1 Å². The van der Waals surface area contributed by atoms with Gasteiger partial charge in [0.15, 0.2) is 5.56 Å². The van der Waals surface area contributed by atoms with Gasteiger partial charge in [0.1, 0.15) is 11.8 Å². The summed E-state index contributed by atoms with van der Waals surface area (Å²) in [5.74, 6) is -0.280. The molecular weight excluding hydrogens is 260 g/mol. The van der Waals surface area contributed by atoms with Crippen LogP contribution in [0.15, 0.2) is 27.5 Å². The Bertz CT molecular complexity index is 640. The highest BCUT2D eigenvalue weighted by atomic mass is 79.9. The molecule has 1 aromatic heterocycles. The average Bonchev–Trinajstić information content (AvgIpc) is 2.20. The third kappa shape index (κ3) is 1.39. The number of nitrogens with zero attached hydrogens (tertiary/aromatic N) is 1. The molecule has 0 atom stereocenters. The lowest BCUT2D eigenvalue weighted by Crippen LogP contribution is -2.10. The van der Waals surface area contributed by atoms with Crippen LogP contribution in [-0.4, -0.2) is 10.1 Å². The van der Waals surface area contributed by atoms with E-state index in [2.05, 4.69) is 20.9 Å². The Morgan fingerprint density at radius 2 is 2.20 bits per heavy atom. The van der Waals surface area contributed by atoms with Crippen LogP contribution in [-0.2, 0) is 0 Å². The molecule has 1 heterocycles. The predicted octanol–water partition coefficient (Wildman–Crippen LogP) is 1.87. The van der Waals surface area contributed by atoms with Crippen LogP contribution in [0, 0.1) is 11.3 Å². The molecule has 0 amide bonds. The van der Waals surface area contributed by atoms with Crippen LogP contribution in [0.2, 0.25) is 0 Å². The highest BCUT2D eigenvalue weighted by molar-refractivity contribution is 9.10. The molecule has 0 spiro atoms. The van der Waals surface area contributed by atoms with Gasteiger partial charge in [-0.1, -0.05) is 6.07 Å². The first kappa shape index (κ1) is 9.74. The second-order valence-electron chi connectivity index (χ2n) is 2.95. The Morgan fingerprint density at radius 3 is 2.87 bits per heavy atom. The fourth-order valence-corrected chi connectivity index (χ4v) is 1.84. The molecule has 2 N–H and O–H groups in total. The van der Waals surface area contributed by atoms with Crippen molar-refractivity contribution in [2.75, 3.05) is 0 Å². The number of aromatic hydroxyl groups is 1. The summed E-state index contributed by atoms with van der Waals surface area (Å²) >= 11 is 3.25. The summed E-state index contributed by atoms with van der Waals surface area (Å²) in [6.45, 7) is 0. The molecule has 15 heavy (non-hydrogen) atoms. The van der Waals surface area contributed by atoms with Crippen LogP contribution in [0.1, 0.15) is 5.56 Å². The SMILES string of the molecule is N#Cc1c(O)c2cccc(Br)c2[nH]c1=O. The van der Waals surface area contributed by atoms with E-state index in [1.807, 2.05) is 0 Å². The molecule has 4 nitrogen and oxygen atoms in total. The van der Waals surface area contributed by atoms with Gasteiger partial charge in [-0.3, -0.25) is 4.79 Å². The van der Waals surface area contributed by atoms with Crippen molar-refractivity contribution in [3.8, 4) is 11.8 Å². The molecule has 0 fully saturated rings. The number of aromatic amines is 1. The van der Waals surface area contributed by atoms with E-state index in [1.54, 1.807) is 24.3 Å². The van der Waals surface area contributed by atoms with Crippen LogP contribution in [0.4, 0.5) is 0 Å². The van der Waals surface area contributed by atoms with Gasteiger partial charge < -0.3 is 10.1 Å². The van der Waals surface area contributed by atoms with Gasteiger partial charge in [0, 0.05) is 9.86 Å². The fraction of sp³-hybridized carbons (Fsp3) is 0. The maximum absolute atomic E-state index is 11.4. The van der Waals surface area contributed by atoms with Crippen molar-refractivity contribution in [2.45, 2.75) is 0 Å². The summed E-state index contributed by atoms with van der Waals surface area (Å²) in [7, 11) is 0. The summed E-state index contributed by atoms with van der Waals surface area (Å²) in [4.78, 5) is 13.9. The third-order valence-electron chi connectivity index (χ3n) is 2.08. The first-order chi connectivity index (χ1) is 7.15. The van der Waals surface area contributed by atoms with Crippen LogP contribution in [0.5, 0.6) is 5.75 Å². The van der Waals surface area contributed by atoms with Gasteiger partial charge in [-0.2, -0.15) is 5.26 Å². The van der Waals surface area contributed by atoms with Gasteiger partial charge in [-0.25, -0.2) is 0 Å². The van der Waals surface area contributed by atoms with E-state index < -0.39 is 5.56 Å². The van der Waals surface area contributed by atoms with Gasteiger partial charge in [-0.15, -0.1) is 0 Å². The minimum absolute atomic E-state index is 0.263. The molecule has 0 aliphatic carbocycles. The maximum Gasteiger partial charge on any atom is 0.270 e. The smallest absolute Gasteiger partial charge is 0.270 e. The zero-order valence-corrected chi connectivity index (χ0v) is 9.00. The highest BCUT2D eigenvalue weighted by Crippen LogP contribution is 2.28. The molecule has 74 valence electrons. The Balaban J connectivity index is 3.06. The summed E-state index contributed by atoms with van der Waals surface area (Å²) in [5.41, 5.74) is -0.367. The lowest BCUT2D eigenvalue weighted by Gasteiger charge is -2.03. The number of fused-ring (bicyclic) bond motifs is 1. The van der Waals surface area contributed by atoms with Crippen molar-refractivity contribution in [1.82, 2.24) is 4.98 Å². The number of pyridine rings is 1. The van der Waals surface area contributed by atoms with Gasteiger partial charge in [0.25, 0.3) is 5.56 Å². The molecule has 0 aliphatic heterocycles. The zero-order chi connectivity index (χ0) is 11.0. The van der Waals surface area contributed by atoms with Crippen molar-refractivity contribution in [2.24, 2.45) is 0 Å². The molecule has 0 unspecified atom stereocenters. The van der Waals surface area contributed by atoms with E-state index >= 15 is 0 Å². The van der Waals surface area contributed by atoms with E-state index in [0.717, 1.165) is 0 Å². The number of nitriles is 1. The number of hydrogen-bond acceptors (Lipinski definition) is 3. The highest BCUT2D eigenvalue weighted by Gasteiger charge is 2.11. The minimum Gasteiger partial charge on any atom is -0.506 e. The van der Waals surface area contributed by atoms with Crippen LogP contribution < -0.4 is 5.56 Å². The zero-order valence-electron chi connectivity index (χ0n) is 7.41. The predicted molar refractivity (Wildman–Crippen MR) is 58.6 cm³/mol. The van der Waals surface area contributed by atoms with Gasteiger partial charge in [0.2, 0.25) is 0 Å². The number of aromatic nitrogens is 1. The van der Waals surface area contributed by atoms with Crippen molar-refractivity contribution in [3.63, 3.8) is 0 Å². The summed E-state index contributed by atoms with van der Waals surface area (Å²) in [6.07, 6.45) is 0. The molecule has 2 rings (SSSR count). The van der Waals surface area contributed by atoms with E-state index in [1.165, 1.54) is 0 Å². The fourth-order valence-electron chi connectivity index (χ4n) is 1.37. The second-order valence-corrected chi connectivity index (χ2v) is 3.81. The van der Waals surface area contributed by atoms with Crippen LogP contribution >= 0.6 is 15.9 Å². The third-order valence-corrected chi connectivity index (χ3v) is 2.74. The van der Waals surface area contributed by atoms with Crippen molar-refractivity contribution >= 4 is 26.8 Å². The van der Waals surface area contributed by atoms with E-state index in [0.29, 0.717) is 15.4 Å². The standard InChI is InChI=1S/C10H5BrN2O2/c11-7-3-1-2-5-8(7)13-10(15)6(4-12)9(5)14/h1-3H,(H2,13,14,15). The molecule has 0 radical (unpaired) electrons. The largest absolute Gasteiger partial charge is 0.506 e. The number of nitrogens with one attached hydrogen (secondary N) is 1. The molecule has 5 heteroatoms. The van der Waals surface area contributed by atoms with Gasteiger partial charge in [0.05, 0.1) is 5.52 Å². The topological polar surface area (TPSA) is 76.9 Å².